The molecule has 1 N–H and O–H groups in total. The number of nitrogens with one attached hydrogen (secondary N) is 1. The molecule has 0 aliphatic heterocycles. The molecule has 298 valence electrons. The Hall–Kier alpha value is -6.50. The Labute approximate surface area is 345 Å². The van der Waals surface area contributed by atoms with Gasteiger partial charge in [-0.2, -0.15) is 0 Å². The van der Waals surface area contributed by atoms with Crippen LogP contribution in [0.15, 0.2) is 103 Å². The van der Waals surface area contributed by atoms with E-state index in [0.29, 0.717) is 79.1 Å². The zero-order valence-electron chi connectivity index (χ0n) is 32.6. The maximum absolute atomic E-state index is 14.4. The van der Waals surface area contributed by atoms with Crippen molar-refractivity contribution in [2.75, 3.05) is 48.0 Å². The van der Waals surface area contributed by atoms with Crippen molar-refractivity contribution in [1.82, 2.24) is 0 Å². The van der Waals surface area contributed by atoms with Gasteiger partial charge in [0.05, 0.1) is 49.1 Å². The van der Waals surface area contributed by atoms with Crippen LogP contribution in [0.2, 0.25) is 0 Å². The Balaban J connectivity index is 1.40. The molecule has 13 heteroatoms. The number of halogens is 1. The van der Waals surface area contributed by atoms with Crippen LogP contribution in [0.4, 0.5) is 5.69 Å². The predicted molar refractivity (Wildman–Crippen MR) is 224 cm³/mol. The SMILES string of the molecule is COC(=O)Cc1ccc(-c2ccccc2NC(=O)c2ccc(COc3cc(-c4ccccc4C(=O)Cl)cc(OC)c3OC)cc2-c2cc(OC)c(OC)c(OC)c2)s1. The standard InChI is InChI=1S/C45H40ClNO10S/c1-51-36-21-28(22-37(52-2)42(36)55-5)34-19-26(25-57-39-23-27(20-38(53-3)43(39)56-6)30-11-7-8-12-31(30)44(46)49)15-17-32(34)45(50)47-35-14-10-9-13-33(35)40-18-16-29(58-40)24-41(48)54-4/h7-23H,24-25H2,1-6H3,(H,47,50). The second-order valence-electron chi connectivity index (χ2n) is 12.6. The summed E-state index contributed by atoms with van der Waals surface area (Å²) in [5.74, 6) is 1.59. The molecule has 0 aliphatic rings. The molecule has 0 spiro atoms. The van der Waals surface area contributed by atoms with Crippen molar-refractivity contribution in [3.05, 3.63) is 125 Å². The largest absolute Gasteiger partial charge is 0.493 e. The van der Waals surface area contributed by atoms with Gasteiger partial charge in [-0.05, 0) is 100 Å². The van der Waals surface area contributed by atoms with Crippen LogP contribution in [-0.4, -0.2) is 59.8 Å². The molecule has 0 unspecified atom stereocenters. The Morgan fingerprint density at radius 3 is 1.81 bits per heavy atom. The number of benzene rings is 5. The first kappa shape index (κ1) is 41.1. The number of hydrogen-bond acceptors (Lipinski definition) is 11. The van der Waals surface area contributed by atoms with Crippen LogP contribution in [0.3, 0.4) is 0 Å². The monoisotopic (exact) mass is 821 g/mol. The molecule has 0 radical (unpaired) electrons. The lowest BCUT2D eigenvalue weighted by molar-refractivity contribution is -0.139. The fourth-order valence-electron chi connectivity index (χ4n) is 6.44. The van der Waals surface area contributed by atoms with E-state index in [1.54, 1.807) is 54.6 Å². The summed E-state index contributed by atoms with van der Waals surface area (Å²) in [7, 11) is 8.94. The zero-order valence-corrected chi connectivity index (χ0v) is 34.2. The van der Waals surface area contributed by atoms with Crippen LogP contribution in [0.5, 0.6) is 34.5 Å². The molecule has 0 atom stereocenters. The van der Waals surface area contributed by atoms with Crippen molar-refractivity contribution in [2.45, 2.75) is 13.0 Å². The minimum atomic E-state index is -0.601. The van der Waals surface area contributed by atoms with Gasteiger partial charge >= 0.3 is 5.97 Å². The summed E-state index contributed by atoms with van der Waals surface area (Å²) in [5.41, 5.74) is 5.16. The van der Waals surface area contributed by atoms with Gasteiger partial charge in [-0.25, -0.2) is 0 Å². The first-order chi connectivity index (χ1) is 28.1. The normalized spacial score (nSPS) is 10.7. The molecule has 11 nitrogen and oxygen atoms in total. The number of carbonyl (C=O) groups excluding carboxylic acids is 3. The van der Waals surface area contributed by atoms with E-state index < -0.39 is 5.24 Å². The van der Waals surface area contributed by atoms with Crippen molar-refractivity contribution in [3.63, 3.8) is 0 Å². The van der Waals surface area contributed by atoms with E-state index >= 15 is 0 Å². The van der Waals surface area contributed by atoms with Crippen LogP contribution in [-0.2, 0) is 22.6 Å². The maximum Gasteiger partial charge on any atom is 0.310 e. The molecule has 1 amide bonds. The molecule has 0 aliphatic carbocycles. The van der Waals surface area contributed by atoms with Crippen molar-refractivity contribution in [3.8, 4) is 67.2 Å². The number of anilines is 1. The van der Waals surface area contributed by atoms with E-state index in [0.717, 1.165) is 15.3 Å². The topological polar surface area (TPSA) is 128 Å². The summed E-state index contributed by atoms with van der Waals surface area (Å²) >= 11 is 7.38. The van der Waals surface area contributed by atoms with Crippen molar-refractivity contribution >= 4 is 45.7 Å². The van der Waals surface area contributed by atoms with Gasteiger partial charge in [0.25, 0.3) is 11.1 Å². The minimum absolute atomic E-state index is 0.0491. The summed E-state index contributed by atoms with van der Waals surface area (Å²) in [6.07, 6.45) is 0.151. The Kier molecular flexibility index (Phi) is 13.2. The lowest BCUT2D eigenvalue weighted by Gasteiger charge is -2.19. The number of methoxy groups -OCH3 is 6. The third kappa shape index (κ3) is 8.88. The quantitative estimate of drug-likeness (QED) is 0.0745. The third-order valence-electron chi connectivity index (χ3n) is 9.24. The molecule has 58 heavy (non-hydrogen) atoms. The highest BCUT2D eigenvalue weighted by Crippen LogP contribution is 2.44. The van der Waals surface area contributed by atoms with Crippen LogP contribution < -0.4 is 33.7 Å². The fourth-order valence-corrected chi connectivity index (χ4v) is 7.64. The smallest absolute Gasteiger partial charge is 0.310 e. The number of ether oxygens (including phenoxy) is 7. The highest BCUT2D eigenvalue weighted by Gasteiger charge is 2.22. The molecule has 6 aromatic rings. The van der Waals surface area contributed by atoms with Gasteiger partial charge in [0.2, 0.25) is 11.5 Å². The average Bonchev–Trinajstić information content (AvgIpc) is 3.72. The number of rotatable bonds is 16. The average molecular weight is 822 g/mol. The van der Waals surface area contributed by atoms with Gasteiger partial charge in [-0.1, -0.05) is 42.5 Å². The van der Waals surface area contributed by atoms with Crippen molar-refractivity contribution in [2.24, 2.45) is 0 Å². The summed E-state index contributed by atoms with van der Waals surface area (Å²) < 4.78 is 39.5. The number of esters is 1. The van der Waals surface area contributed by atoms with Crippen LogP contribution in [0.25, 0.3) is 32.7 Å². The van der Waals surface area contributed by atoms with E-state index in [4.69, 9.17) is 44.8 Å². The molecular weight excluding hydrogens is 782 g/mol. The molecule has 0 bridgehead atoms. The van der Waals surface area contributed by atoms with Gasteiger partial charge in [0.15, 0.2) is 23.0 Å². The van der Waals surface area contributed by atoms with E-state index in [9.17, 15) is 14.4 Å². The molecule has 0 fully saturated rings. The molecule has 5 aromatic carbocycles. The highest BCUT2D eigenvalue weighted by atomic mass is 35.5. The first-order valence-corrected chi connectivity index (χ1v) is 19.0. The van der Waals surface area contributed by atoms with Crippen LogP contribution in [0, 0.1) is 0 Å². The van der Waals surface area contributed by atoms with Crippen molar-refractivity contribution in [1.29, 1.82) is 0 Å². The Morgan fingerprint density at radius 2 is 1.19 bits per heavy atom. The molecule has 1 aromatic heterocycles. The first-order valence-electron chi connectivity index (χ1n) is 17.8. The van der Waals surface area contributed by atoms with Crippen LogP contribution >= 0.6 is 22.9 Å². The lowest BCUT2D eigenvalue weighted by atomic mass is 9.95. The molecule has 0 saturated heterocycles. The molecular formula is C45H40ClNO10S. The summed E-state index contributed by atoms with van der Waals surface area (Å²) in [5, 5.41) is 2.51. The fraction of sp³-hybridized carbons (Fsp3) is 0.178. The van der Waals surface area contributed by atoms with Crippen molar-refractivity contribution < 1.29 is 47.5 Å². The highest BCUT2D eigenvalue weighted by molar-refractivity contribution is 7.15. The number of hydrogen-bond donors (Lipinski definition) is 1. The Morgan fingerprint density at radius 1 is 0.603 bits per heavy atom. The third-order valence-corrected chi connectivity index (χ3v) is 10.6. The van der Waals surface area contributed by atoms with E-state index in [1.807, 2.05) is 48.5 Å². The van der Waals surface area contributed by atoms with Gasteiger partial charge < -0.3 is 38.5 Å². The van der Waals surface area contributed by atoms with E-state index in [2.05, 4.69) is 5.32 Å². The maximum atomic E-state index is 14.4. The lowest BCUT2D eigenvalue weighted by Crippen LogP contribution is -2.14. The van der Waals surface area contributed by atoms with Gasteiger partial charge in [0.1, 0.15) is 6.61 Å². The molecule has 0 saturated carbocycles. The summed E-state index contributed by atoms with van der Waals surface area (Å²) in [4.78, 5) is 40.3. The number of carbonyl (C=O) groups is 3. The summed E-state index contributed by atoms with van der Waals surface area (Å²) in [6.45, 7) is 0.0491. The summed E-state index contributed by atoms with van der Waals surface area (Å²) in [6, 6.07) is 30.7. The van der Waals surface area contributed by atoms with E-state index in [-0.39, 0.29) is 24.9 Å². The van der Waals surface area contributed by atoms with E-state index in [1.165, 1.54) is 54.0 Å². The second kappa shape index (κ2) is 18.6. The van der Waals surface area contributed by atoms with Gasteiger partial charge in [-0.3, -0.25) is 14.4 Å². The number of amides is 1. The van der Waals surface area contributed by atoms with Gasteiger partial charge in [0, 0.05) is 32.1 Å². The predicted octanol–water partition coefficient (Wildman–Crippen LogP) is 9.72. The second-order valence-corrected chi connectivity index (χ2v) is 14.1. The van der Waals surface area contributed by atoms with Crippen LogP contribution in [0.1, 0.15) is 31.2 Å². The Bertz CT molecular complexity index is 2450. The zero-order chi connectivity index (χ0) is 41.3. The molecule has 6 rings (SSSR count). The number of thiophene rings is 1. The van der Waals surface area contributed by atoms with Gasteiger partial charge in [-0.15, -0.1) is 11.3 Å². The number of para-hydroxylation sites is 1. The minimum Gasteiger partial charge on any atom is -0.493 e. The molecule has 1 heterocycles.